The number of amides is 1. The van der Waals surface area contributed by atoms with Gasteiger partial charge in [0.15, 0.2) is 6.10 Å². The molecule has 0 saturated carbocycles. The molecule has 0 bridgehead atoms. The molecular formula is C25H27NO3. The van der Waals surface area contributed by atoms with Crippen LogP contribution in [0.2, 0.25) is 0 Å². The first kappa shape index (κ1) is 19.3. The van der Waals surface area contributed by atoms with Crippen molar-refractivity contribution in [2.24, 2.45) is 0 Å². The number of fused-ring (bicyclic) bond motifs is 2. The van der Waals surface area contributed by atoms with Crippen molar-refractivity contribution in [2.45, 2.75) is 51.9 Å². The molecule has 4 heteroatoms. The van der Waals surface area contributed by atoms with E-state index in [2.05, 4.69) is 17.4 Å². The van der Waals surface area contributed by atoms with Gasteiger partial charge in [-0.15, -0.1) is 0 Å². The second-order valence-electron chi connectivity index (χ2n) is 8.44. The fourth-order valence-electron chi connectivity index (χ4n) is 3.87. The Morgan fingerprint density at radius 3 is 2.66 bits per heavy atom. The Hall–Kier alpha value is -3.01. The lowest BCUT2D eigenvalue weighted by atomic mass is 9.89. The van der Waals surface area contributed by atoms with Gasteiger partial charge in [-0.3, -0.25) is 4.79 Å². The second-order valence-corrected chi connectivity index (χ2v) is 8.44. The van der Waals surface area contributed by atoms with Crippen LogP contribution in [-0.4, -0.2) is 17.6 Å². The number of carbonyl (C=O) groups excluding carboxylic acids is 1. The van der Waals surface area contributed by atoms with Gasteiger partial charge < -0.3 is 14.8 Å². The van der Waals surface area contributed by atoms with Crippen molar-refractivity contribution >= 4 is 16.7 Å². The molecule has 4 nitrogen and oxygen atoms in total. The van der Waals surface area contributed by atoms with E-state index in [1.165, 1.54) is 0 Å². The average molecular weight is 389 g/mol. The third-order valence-corrected chi connectivity index (χ3v) is 5.35. The molecule has 0 aromatic heterocycles. The van der Waals surface area contributed by atoms with Gasteiger partial charge in [-0.2, -0.15) is 0 Å². The van der Waals surface area contributed by atoms with Crippen LogP contribution in [0.5, 0.6) is 11.5 Å². The van der Waals surface area contributed by atoms with Crippen molar-refractivity contribution in [3.05, 3.63) is 71.8 Å². The summed E-state index contributed by atoms with van der Waals surface area (Å²) in [7, 11) is 0. The topological polar surface area (TPSA) is 47.6 Å². The van der Waals surface area contributed by atoms with Gasteiger partial charge in [-0.1, -0.05) is 42.5 Å². The van der Waals surface area contributed by atoms with E-state index in [9.17, 15) is 4.79 Å². The van der Waals surface area contributed by atoms with Crippen molar-refractivity contribution in [3.8, 4) is 11.5 Å². The SMILES string of the molecule is Cc1ccc2c(c1)OC(C)(C)CC2NC(=O)C(C)Oc1ccc2ccccc2c1. The maximum atomic E-state index is 12.9. The van der Waals surface area contributed by atoms with E-state index in [4.69, 9.17) is 9.47 Å². The molecule has 0 fully saturated rings. The summed E-state index contributed by atoms with van der Waals surface area (Å²) in [6.45, 7) is 7.92. The van der Waals surface area contributed by atoms with Crippen LogP contribution in [0.15, 0.2) is 60.7 Å². The Balaban J connectivity index is 1.49. The lowest BCUT2D eigenvalue weighted by Crippen LogP contribution is -2.44. The van der Waals surface area contributed by atoms with E-state index in [1.54, 1.807) is 6.92 Å². The van der Waals surface area contributed by atoms with Gasteiger partial charge in [0.25, 0.3) is 5.91 Å². The van der Waals surface area contributed by atoms with Crippen LogP contribution in [0.25, 0.3) is 10.8 Å². The molecule has 150 valence electrons. The number of hydrogen-bond donors (Lipinski definition) is 1. The van der Waals surface area contributed by atoms with Crippen LogP contribution in [0.1, 0.15) is 44.4 Å². The highest BCUT2D eigenvalue weighted by atomic mass is 16.5. The second kappa shape index (κ2) is 7.43. The standard InChI is InChI=1S/C25H27NO3/c1-16-9-12-21-22(15-25(3,4)29-23(21)13-16)26-24(27)17(2)28-20-11-10-18-7-5-6-8-19(18)14-20/h5-14,17,22H,15H2,1-4H3,(H,26,27). The van der Waals surface area contributed by atoms with Gasteiger partial charge in [0, 0.05) is 12.0 Å². The summed E-state index contributed by atoms with van der Waals surface area (Å²) in [5, 5.41) is 5.40. The molecule has 0 spiro atoms. The summed E-state index contributed by atoms with van der Waals surface area (Å²) in [5.41, 5.74) is 1.81. The largest absolute Gasteiger partial charge is 0.487 e. The third-order valence-electron chi connectivity index (χ3n) is 5.35. The first-order valence-electron chi connectivity index (χ1n) is 10.1. The Labute approximate surface area is 171 Å². The van der Waals surface area contributed by atoms with E-state index in [0.29, 0.717) is 12.2 Å². The molecule has 1 N–H and O–H groups in total. The third kappa shape index (κ3) is 4.21. The minimum Gasteiger partial charge on any atom is -0.487 e. The van der Waals surface area contributed by atoms with Crippen molar-refractivity contribution in [1.82, 2.24) is 5.32 Å². The van der Waals surface area contributed by atoms with Gasteiger partial charge in [-0.25, -0.2) is 0 Å². The molecule has 0 aliphatic carbocycles. The number of rotatable bonds is 4. The maximum Gasteiger partial charge on any atom is 0.261 e. The predicted molar refractivity (Wildman–Crippen MR) is 115 cm³/mol. The summed E-state index contributed by atoms with van der Waals surface area (Å²) in [6, 6.07) is 20.0. The molecule has 0 saturated heterocycles. The van der Waals surface area contributed by atoms with E-state index in [0.717, 1.165) is 27.6 Å². The number of hydrogen-bond acceptors (Lipinski definition) is 3. The zero-order chi connectivity index (χ0) is 20.6. The normalized spacial score (nSPS) is 18.4. The summed E-state index contributed by atoms with van der Waals surface area (Å²) in [5.74, 6) is 1.40. The lowest BCUT2D eigenvalue weighted by molar-refractivity contribution is -0.128. The monoisotopic (exact) mass is 389 g/mol. The number of aryl methyl sites for hydroxylation is 1. The van der Waals surface area contributed by atoms with Gasteiger partial charge in [0.1, 0.15) is 17.1 Å². The molecule has 1 amide bonds. The number of benzene rings is 3. The molecule has 1 aliphatic rings. The molecule has 1 aliphatic heterocycles. The lowest BCUT2D eigenvalue weighted by Gasteiger charge is -2.38. The highest BCUT2D eigenvalue weighted by Gasteiger charge is 2.35. The van der Waals surface area contributed by atoms with Crippen molar-refractivity contribution in [1.29, 1.82) is 0 Å². The van der Waals surface area contributed by atoms with Crippen LogP contribution in [0.4, 0.5) is 0 Å². The van der Waals surface area contributed by atoms with Crippen LogP contribution in [0, 0.1) is 6.92 Å². The Bertz CT molecular complexity index is 1060. The fraction of sp³-hybridized carbons (Fsp3) is 0.320. The van der Waals surface area contributed by atoms with E-state index < -0.39 is 6.10 Å². The van der Waals surface area contributed by atoms with Gasteiger partial charge in [-0.05, 0) is 62.2 Å². The molecule has 4 rings (SSSR count). The molecule has 2 unspecified atom stereocenters. The van der Waals surface area contributed by atoms with Crippen LogP contribution in [0.3, 0.4) is 0 Å². The summed E-state index contributed by atoms with van der Waals surface area (Å²) in [4.78, 5) is 12.9. The number of ether oxygens (including phenoxy) is 2. The predicted octanol–water partition coefficient (Wildman–Crippen LogP) is 5.33. The van der Waals surface area contributed by atoms with Crippen LogP contribution in [-0.2, 0) is 4.79 Å². The minimum atomic E-state index is -0.601. The average Bonchev–Trinajstić information content (AvgIpc) is 2.66. The summed E-state index contributed by atoms with van der Waals surface area (Å²) in [6.07, 6.45) is 0.105. The van der Waals surface area contributed by atoms with Crippen LogP contribution >= 0.6 is 0 Å². The van der Waals surface area contributed by atoms with Crippen LogP contribution < -0.4 is 14.8 Å². The molecule has 0 radical (unpaired) electrons. The minimum absolute atomic E-state index is 0.107. The molecule has 2 atom stereocenters. The molecular weight excluding hydrogens is 362 g/mol. The van der Waals surface area contributed by atoms with Gasteiger partial charge >= 0.3 is 0 Å². The Morgan fingerprint density at radius 1 is 1.10 bits per heavy atom. The first-order valence-corrected chi connectivity index (χ1v) is 10.1. The van der Waals surface area contributed by atoms with Gasteiger partial charge in [0.05, 0.1) is 6.04 Å². The Kier molecular flexibility index (Phi) is 4.95. The smallest absolute Gasteiger partial charge is 0.261 e. The van der Waals surface area contributed by atoms with Crippen molar-refractivity contribution in [3.63, 3.8) is 0 Å². The van der Waals surface area contributed by atoms with Crippen molar-refractivity contribution < 1.29 is 14.3 Å². The molecule has 29 heavy (non-hydrogen) atoms. The zero-order valence-electron chi connectivity index (χ0n) is 17.4. The highest BCUT2D eigenvalue weighted by Crippen LogP contribution is 2.40. The molecule has 1 heterocycles. The van der Waals surface area contributed by atoms with E-state index in [1.807, 2.05) is 69.3 Å². The first-order chi connectivity index (χ1) is 13.8. The van der Waals surface area contributed by atoms with Crippen molar-refractivity contribution in [2.75, 3.05) is 0 Å². The fourth-order valence-corrected chi connectivity index (χ4v) is 3.87. The van der Waals surface area contributed by atoms with E-state index >= 15 is 0 Å². The Morgan fingerprint density at radius 2 is 1.86 bits per heavy atom. The van der Waals surface area contributed by atoms with Gasteiger partial charge in [0.2, 0.25) is 0 Å². The quantitative estimate of drug-likeness (QED) is 0.656. The summed E-state index contributed by atoms with van der Waals surface area (Å²) >= 11 is 0. The number of carbonyl (C=O) groups is 1. The highest BCUT2D eigenvalue weighted by molar-refractivity contribution is 5.84. The molecule has 3 aromatic rings. The maximum absolute atomic E-state index is 12.9. The number of nitrogens with one attached hydrogen (secondary N) is 1. The molecule has 3 aromatic carbocycles. The summed E-state index contributed by atoms with van der Waals surface area (Å²) < 4.78 is 12.1. The van der Waals surface area contributed by atoms with E-state index in [-0.39, 0.29) is 17.6 Å². The zero-order valence-corrected chi connectivity index (χ0v) is 17.4.